The second kappa shape index (κ2) is 9.82. The molecule has 2 heterocycles. The van der Waals surface area contributed by atoms with E-state index in [2.05, 4.69) is 10.9 Å². The summed E-state index contributed by atoms with van der Waals surface area (Å²) in [5.74, 6) is -0.803. The van der Waals surface area contributed by atoms with Gasteiger partial charge >= 0.3 is 0 Å². The highest BCUT2D eigenvalue weighted by molar-refractivity contribution is 7.99. The van der Waals surface area contributed by atoms with Crippen molar-refractivity contribution >= 4 is 45.1 Å². The van der Waals surface area contributed by atoms with Gasteiger partial charge in [0.25, 0.3) is 11.5 Å². The molecule has 0 spiro atoms. The van der Waals surface area contributed by atoms with Gasteiger partial charge in [0, 0.05) is 10.4 Å². The molecule has 0 bridgehead atoms. The average Bonchev–Trinajstić information content (AvgIpc) is 3.25. The van der Waals surface area contributed by atoms with E-state index in [1.165, 1.54) is 16.6 Å². The maximum atomic E-state index is 13.7. The van der Waals surface area contributed by atoms with E-state index in [-0.39, 0.29) is 11.3 Å². The number of thioether (sulfide) groups is 1. The number of carbonyl (C=O) groups is 2. The molecule has 0 fully saturated rings. The van der Waals surface area contributed by atoms with Gasteiger partial charge in [0.1, 0.15) is 4.83 Å². The van der Waals surface area contributed by atoms with Gasteiger partial charge in [0.15, 0.2) is 5.16 Å². The highest BCUT2D eigenvalue weighted by atomic mass is 32.2. The van der Waals surface area contributed by atoms with E-state index in [0.29, 0.717) is 21.8 Å². The Labute approximate surface area is 204 Å². The summed E-state index contributed by atoms with van der Waals surface area (Å²) in [6, 6.07) is 18.0. The number of carbonyl (C=O) groups excluding carboxylic acids is 2. The number of rotatable bonds is 5. The Balaban J connectivity index is 1.40. The number of nitrogens with zero attached hydrogens (tertiary/aromatic N) is 2. The van der Waals surface area contributed by atoms with Crippen LogP contribution < -0.4 is 16.4 Å². The molecule has 2 amide bonds. The Kier molecular flexibility index (Phi) is 6.46. The largest absolute Gasteiger partial charge is 0.272 e. The number of aromatic nitrogens is 2. The number of hydrogen-bond acceptors (Lipinski definition) is 6. The molecular formula is C25H22N4O3S2. The van der Waals surface area contributed by atoms with Gasteiger partial charge in [0.2, 0.25) is 5.91 Å². The highest BCUT2D eigenvalue weighted by Crippen LogP contribution is 2.35. The van der Waals surface area contributed by atoms with E-state index in [1.54, 1.807) is 40.2 Å². The maximum Gasteiger partial charge on any atom is 0.269 e. The van der Waals surface area contributed by atoms with Crippen LogP contribution in [0.5, 0.6) is 0 Å². The van der Waals surface area contributed by atoms with E-state index in [4.69, 9.17) is 4.98 Å². The van der Waals surface area contributed by atoms with Crippen LogP contribution in [0.4, 0.5) is 0 Å². The maximum absolute atomic E-state index is 13.7. The van der Waals surface area contributed by atoms with Crippen LogP contribution in [-0.2, 0) is 17.6 Å². The summed E-state index contributed by atoms with van der Waals surface area (Å²) in [5, 5.41) is 1.15. The number of benzene rings is 2. The molecule has 0 aliphatic heterocycles. The van der Waals surface area contributed by atoms with Crippen molar-refractivity contribution in [2.24, 2.45) is 0 Å². The fourth-order valence-corrected chi connectivity index (χ4v) is 6.16. The van der Waals surface area contributed by atoms with Crippen molar-refractivity contribution in [3.63, 3.8) is 0 Å². The minimum Gasteiger partial charge on any atom is -0.272 e. The van der Waals surface area contributed by atoms with E-state index < -0.39 is 11.8 Å². The van der Waals surface area contributed by atoms with Crippen LogP contribution in [0, 0.1) is 0 Å². The summed E-state index contributed by atoms with van der Waals surface area (Å²) >= 11 is 2.75. The van der Waals surface area contributed by atoms with Gasteiger partial charge in [-0.25, -0.2) is 4.98 Å². The molecule has 34 heavy (non-hydrogen) atoms. The van der Waals surface area contributed by atoms with Crippen molar-refractivity contribution in [3.8, 4) is 5.69 Å². The predicted octanol–water partition coefficient (Wildman–Crippen LogP) is 3.88. The number of thiophene rings is 1. The first-order valence-corrected chi connectivity index (χ1v) is 12.8. The molecule has 0 radical (unpaired) electrons. The molecule has 172 valence electrons. The van der Waals surface area contributed by atoms with Crippen molar-refractivity contribution in [2.45, 2.75) is 30.8 Å². The zero-order chi connectivity index (χ0) is 23.5. The summed E-state index contributed by atoms with van der Waals surface area (Å²) < 4.78 is 1.59. The number of hydrogen-bond donors (Lipinski definition) is 2. The molecule has 0 saturated carbocycles. The molecule has 2 aromatic carbocycles. The quantitative estimate of drug-likeness (QED) is 0.252. The van der Waals surface area contributed by atoms with Crippen molar-refractivity contribution in [2.75, 3.05) is 5.75 Å². The molecule has 0 unspecified atom stereocenters. The molecule has 5 rings (SSSR count). The Bertz CT molecular complexity index is 1420. The summed E-state index contributed by atoms with van der Waals surface area (Å²) in [6.45, 7) is 0. The van der Waals surface area contributed by atoms with Gasteiger partial charge in [-0.3, -0.25) is 29.8 Å². The van der Waals surface area contributed by atoms with Crippen LogP contribution in [0.3, 0.4) is 0 Å². The molecular weight excluding hydrogens is 468 g/mol. The smallest absolute Gasteiger partial charge is 0.269 e. The lowest BCUT2D eigenvalue weighted by Gasteiger charge is -2.13. The average molecular weight is 491 g/mol. The van der Waals surface area contributed by atoms with Crippen molar-refractivity contribution < 1.29 is 9.59 Å². The van der Waals surface area contributed by atoms with Crippen LogP contribution in [0.2, 0.25) is 0 Å². The standard InChI is InChI=1S/C25H22N4O3S2/c30-20(27-28-22(31)16-9-3-1-4-10-16)15-33-25-26-23-21(18-13-7-8-14-19(18)34-23)24(32)29(25)17-11-5-2-6-12-17/h1-6,9-12H,7-8,13-15H2,(H,27,30)(H,28,31). The lowest BCUT2D eigenvalue weighted by molar-refractivity contribution is -0.119. The topological polar surface area (TPSA) is 93.1 Å². The van der Waals surface area contributed by atoms with Gasteiger partial charge in [-0.15, -0.1) is 11.3 Å². The molecule has 7 nitrogen and oxygen atoms in total. The minimum absolute atomic E-state index is 0.00899. The Morgan fingerprint density at radius 2 is 1.68 bits per heavy atom. The van der Waals surface area contributed by atoms with Crippen molar-refractivity contribution in [1.82, 2.24) is 20.4 Å². The van der Waals surface area contributed by atoms with E-state index in [9.17, 15) is 14.4 Å². The van der Waals surface area contributed by atoms with Crippen molar-refractivity contribution in [3.05, 3.63) is 87.0 Å². The Morgan fingerprint density at radius 1 is 0.971 bits per heavy atom. The van der Waals surface area contributed by atoms with Crippen LogP contribution in [0.15, 0.2) is 70.6 Å². The second-order valence-corrected chi connectivity index (χ2v) is 9.94. The summed E-state index contributed by atoms with van der Waals surface area (Å²) in [4.78, 5) is 45.0. The van der Waals surface area contributed by atoms with Crippen molar-refractivity contribution in [1.29, 1.82) is 0 Å². The third-order valence-electron chi connectivity index (χ3n) is 5.66. The number of amides is 2. The molecule has 4 aromatic rings. The third-order valence-corrected chi connectivity index (χ3v) is 7.78. The van der Waals surface area contributed by atoms with Crippen LogP contribution in [-0.4, -0.2) is 27.1 Å². The first-order chi connectivity index (χ1) is 16.6. The van der Waals surface area contributed by atoms with Gasteiger partial charge in [-0.05, 0) is 55.5 Å². The predicted molar refractivity (Wildman–Crippen MR) is 135 cm³/mol. The first kappa shape index (κ1) is 22.4. The summed E-state index contributed by atoms with van der Waals surface area (Å²) in [5.41, 5.74) is 7.03. The zero-order valence-electron chi connectivity index (χ0n) is 18.2. The molecule has 9 heteroatoms. The van der Waals surface area contributed by atoms with Gasteiger partial charge in [-0.2, -0.15) is 0 Å². The van der Waals surface area contributed by atoms with E-state index in [0.717, 1.165) is 36.1 Å². The number of para-hydroxylation sites is 1. The first-order valence-electron chi connectivity index (χ1n) is 11.0. The fraction of sp³-hybridized carbons (Fsp3) is 0.200. The van der Waals surface area contributed by atoms with E-state index >= 15 is 0 Å². The van der Waals surface area contributed by atoms with Gasteiger partial charge in [0.05, 0.1) is 16.8 Å². The van der Waals surface area contributed by atoms with Gasteiger partial charge in [-0.1, -0.05) is 48.2 Å². The number of aryl methyl sites for hydroxylation is 2. The van der Waals surface area contributed by atoms with Crippen LogP contribution in [0.1, 0.15) is 33.6 Å². The minimum atomic E-state index is -0.399. The van der Waals surface area contributed by atoms with Gasteiger partial charge < -0.3 is 0 Å². The zero-order valence-corrected chi connectivity index (χ0v) is 19.9. The molecule has 1 aliphatic carbocycles. The second-order valence-electron chi connectivity index (χ2n) is 7.92. The normalized spacial score (nSPS) is 12.8. The fourth-order valence-electron chi connectivity index (χ4n) is 4.04. The summed E-state index contributed by atoms with van der Waals surface area (Å²) in [6.07, 6.45) is 4.09. The molecule has 0 atom stereocenters. The molecule has 1 aliphatic rings. The SMILES string of the molecule is O=C(CSc1nc2sc3c(c2c(=O)n1-c1ccccc1)CCCC3)NNC(=O)c1ccccc1. The summed E-state index contributed by atoms with van der Waals surface area (Å²) in [7, 11) is 0. The number of fused-ring (bicyclic) bond motifs is 3. The molecule has 2 N–H and O–H groups in total. The lowest BCUT2D eigenvalue weighted by Crippen LogP contribution is -2.42. The third kappa shape index (κ3) is 4.49. The lowest BCUT2D eigenvalue weighted by atomic mass is 9.97. The van der Waals surface area contributed by atoms with Crippen LogP contribution >= 0.6 is 23.1 Å². The Morgan fingerprint density at radius 3 is 2.44 bits per heavy atom. The number of nitrogens with one attached hydrogen (secondary N) is 2. The highest BCUT2D eigenvalue weighted by Gasteiger charge is 2.23. The Hall–Kier alpha value is -3.43. The monoisotopic (exact) mass is 490 g/mol. The molecule has 0 saturated heterocycles. The molecule has 2 aromatic heterocycles. The van der Waals surface area contributed by atoms with E-state index in [1.807, 2.05) is 36.4 Å². The number of hydrazine groups is 1. The van der Waals surface area contributed by atoms with Crippen LogP contribution in [0.25, 0.3) is 15.9 Å².